The molecule has 0 radical (unpaired) electrons. The number of fused-ring (bicyclic) bond motifs is 2. The van der Waals surface area contributed by atoms with Gasteiger partial charge in [0.05, 0.1) is 11.1 Å². The zero-order chi connectivity index (χ0) is 13.7. The number of hydrogen-bond acceptors (Lipinski definition) is 3. The Morgan fingerprint density at radius 1 is 1.20 bits per heavy atom. The Labute approximate surface area is 118 Å². The van der Waals surface area contributed by atoms with Crippen molar-refractivity contribution in [3.8, 4) is 0 Å². The zero-order valence-electron chi connectivity index (χ0n) is 11.4. The van der Waals surface area contributed by atoms with Crippen molar-refractivity contribution in [2.45, 2.75) is 19.3 Å². The van der Waals surface area contributed by atoms with Crippen LogP contribution in [-0.2, 0) is 0 Å². The molecule has 1 saturated carbocycles. The van der Waals surface area contributed by atoms with Crippen LogP contribution in [0.25, 0.3) is 0 Å². The lowest BCUT2D eigenvalue weighted by Gasteiger charge is -2.32. The van der Waals surface area contributed by atoms with Crippen molar-refractivity contribution in [1.29, 1.82) is 0 Å². The quantitative estimate of drug-likeness (QED) is 0.832. The largest absolute Gasteiger partial charge is 0.316 e. The molecule has 1 aliphatic carbocycles. The monoisotopic (exact) mass is 270 g/mol. The third-order valence-electron chi connectivity index (χ3n) is 5.31. The molecule has 2 amide bonds. The van der Waals surface area contributed by atoms with Crippen LogP contribution in [0.5, 0.6) is 0 Å². The van der Waals surface area contributed by atoms with Gasteiger partial charge in [-0.25, -0.2) is 0 Å². The average molecular weight is 270 g/mol. The van der Waals surface area contributed by atoms with Crippen molar-refractivity contribution >= 4 is 11.8 Å². The Bertz CT molecular complexity index is 551. The van der Waals surface area contributed by atoms with Gasteiger partial charge in [0.15, 0.2) is 0 Å². The molecule has 3 aliphatic rings. The molecular weight excluding hydrogens is 252 g/mol. The smallest absolute Gasteiger partial charge is 0.261 e. The van der Waals surface area contributed by atoms with Gasteiger partial charge in [-0.1, -0.05) is 18.6 Å². The molecule has 20 heavy (non-hydrogen) atoms. The fraction of sp³-hybridized carbons (Fsp3) is 0.500. The minimum Gasteiger partial charge on any atom is -0.316 e. The Balaban J connectivity index is 1.65. The summed E-state index contributed by atoms with van der Waals surface area (Å²) < 4.78 is 0. The molecule has 4 rings (SSSR count). The highest BCUT2D eigenvalue weighted by atomic mass is 16.2. The van der Waals surface area contributed by atoms with Crippen LogP contribution in [0.2, 0.25) is 0 Å². The van der Waals surface area contributed by atoms with Gasteiger partial charge in [-0.05, 0) is 37.4 Å². The molecule has 1 N–H and O–H groups in total. The number of hydrogen-bond donors (Lipinski definition) is 1. The first-order valence-corrected chi connectivity index (χ1v) is 7.37. The number of imide groups is 1. The molecule has 0 aromatic heterocycles. The van der Waals surface area contributed by atoms with Gasteiger partial charge in [-0.2, -0.15) is 0 Å². The summed E-state index contributed by atoms with van der Waals surface area (Å²) in [6.07, 6.45) is 3.56. The summed E-state index contributed by atoms with van der Waals surface area (Å²) in [5.74, 6) is 0.391. The molecule has 1 saturated heterocycles. The van der Waals surface area contributed by atoms with Gasteiger partial charge in [0, 0.05) is 18.5 Å². The van der Waals surface area contributed by atoms with Crippen LogP contribution in [0.4, 0.5) is 0 Å². The molecule has 1 aromatic carbocycles. The summed E-state index contributed by atoms with van der Waals surface area (Å²) in [5.41, 5.74) is 1.25. The molecule has 2 fully saturated rings. The first-order chi connectivity index (χ1) is 9.71. The van der Waals surface area contributed by atoms with Crippen LogP contribution in [0, 0.1) is 11.3 Å². The third kappa shape index (κ3) is 1.51. The highest BCUT2D eigenvalue weighted by Gasteiger charge is 2.50. The van der Waals surface area contributed by atoms with E-state index in [1.807, 2.05) is 12.1 Å². The van der Waals surface area contributed by atoms with Gasteiger partial charge in [0.1, 0.15) is 0 Å². The van der Waals surface area contributed by atoms with Crippen molar-refractivity contribution in [3.05, 3.63) is 35.4 Å². The molecule has 2 unspecified atom stereocenters. The Hall–Kier alpha value is -1.68. The van der Waals surface area contributed by atoms with E-state index in [0.29, 0.717) is 23.6 Å². The van der Waals surface area contributed by atoms with Crippen LogP contribution in [0.1, 0.15) is 40.0 Å². The standard InChI is InChI=1S/C16H18N2O2/c19-14-12-5-1-2-6-13(12)15(20)18(14)10-16-7-3-4-11(16)8-17-9-16/h1-2,5-6,11,17H,3-4,7-10H2. The molecule has 4 nitrogen and oxygen atoms in total. The zero-order valence-corrected chi connectivity index (χ0v) is 11.4. The summed E-state index contributed by atoms with van der Waals surface area (Å²) in [4.78, 5) is 26.4. The second-order valence-electron chi connectivity index (χ2n) is 6.32. The summed E-state index contributed by atoms with van der Waals surface area (Å²) in [6, 6.07) is 7.15. The number of carbonyl (C=O) groups is 2. The fourth-order valence-electron chi connectivity index (χ4n) is 4.22. The van der Waals surface area contributed by atoms with E-state index in [1.54, 1.807) is 12.1 Å². The van der Waals surface area contributed by atoms with Crippen LogP contribution in [0.3, 0.4) is 0 Å². The second-order valence-corrected chi connectivity index (χ2v) is 6.32. The topological polar surface area (TPSA) is 49.4 Å². The lowest BCUT2D eigenvalue weighted by atomic mass is 9.80. The number of amides is 2. The van der Waals surface area contributed by atoms with Gasteiger partial charge >= 0.3 is 0 Å². The lowest BCUT2D eigenvalue weighted by Crippen LogP contribution is -2.43. The summed E-state index contributed by atoms with van der Waals surface area (Å²) in [5, 5.41) is 3.44. The maximum Gasteiger partial charge on any atom is 0.261 e. The van der Waals surface area contributed by atoms with Crippen molar-refractivity contribution in [1.82, 2.24) is 10.2 Å². The minimum absolute atomic E-state index is 0.113. The Morgan fingerprint density at radius 3 is 2.60 bits per heavy atom. The number of nitrogens with zero attached hydrogens (tertiary/aromatic N) is 1. The summed E-state index contributed by atoms with van der Waals surface area (Å²) in [6.45, 7) is 2.55. The molecule has 0 bridgehead atoms. The van der Waals surface area contributed by atoms with E-state index in [9.17, 15) is 9.59 Å². The number of rotatable bonds is 2. The van der Waals surface area contributed by atoms with Gasteiger partial charge in [0.25, 0.3) is 11.8 Å². The first-order valence-electron chi connectivity index (χ1n) is 7.37. The minimum atomic E-state index is -0.113. The van der Waals surface area contributed by atoms with E-state index in [1.165, 1.54) is 17.7 Å². The van der Waals surface area contributed by atoms with Crippen molar-refractivity contribution < 1.29 is 9.59 Å². The maximum absolute atomic E-state index is 12.5. The fourth-order valence-corrected chi connectivity index (χ4v) is 4.22. The molecule has 0 spiro atoms. The molecule has 2 atom stereocenters. The van der Waals surface area contributed by atoms with E-state index in [0.717, 1.165) is 19.5 Å². The van der Waals surface area contributed by atoms with Crippen LogP contribution in [-0.4, -0.2) is 36.3 Å². The Kier molecular flexibility index (Phi) is 2.51. The average Bonchev–Trinajstić information content (AvgIpc) is 3.08. The van der Waals surface area contributed by atoms with Crippen LogP contribution in [0.15, 0.2) is 24.3 Å². The van der Waals surface area contributed by atoms with E-state index < -0.39 is 0 Å². The molecule has 2 aliphatic heterocycles. The normalized spacial score (nSPS) is 31.8. The number of benzene rings is 1. The second kappa shape index (κ2) is 4.16. The van der Waals surface area contributed by atoms with Crippen molar-refractivity contribution in [3.63, 3.8) is 0 Å². The third-order valence-corrected chi connectivity index (χ3v) is 5.31. The van der Waals surface area contributed by atoms with E-state index in [2.05, 4.69) is 5.32 Å². The molecule has 104 valence electrons. The molecule has 4 heteroatoms. The highest BCUT2D eigenvalue weighted by Crippen LogP contribution is 2.47. The summed E-state index contributed by atoms with van der Waals surface area (Å²) in [7, 11) is 0. The molecular formula is C16H18N2O2. The predicted molar refractivity (Wildman–Crippen MR) is 74.5 cm³/mol. The lowest BCUT2D eigenvalue weighted by molar-refractivity contribution is 0.0560. The van der Waals surface area contributed by atoms with Crippen LogP contribution >= 0.6 is 0 Å². The maximum atomic E-state index is 12.5. The number of carbonyl (C=O) groups excluding carboxylic acids is 2. The molecule has 2 heterocycles. The Morgan fingerprint density at radius 2 is 1.90 bits per heavy atom. The van der Waals surface area contributed by atoms with E-state index in [4.69, 9.17) is 0 Å². The predicted octanol–water partition coefficient (Wildman–Crippen LogP) is 1.67. The van der Waals surface area contributed by atoms with Crippen LogP contribution < -0.4 is 5.32 Å². The number of nitrogens with one attached hydrogen (secondary N) is 1. The van der Waals surface area contributed by atoms with Crippen molar-refractivity contribution in [2.24, 2.45) is 11.3 Å². The van der Waals surface area contributed by atoms with Crippen molar-refractivity contribution in [2.75, 3.05) is 19.6 Å². The van der Waals surface area contributed by atoms with Gasteiger partial charge in [-0.3, -0.25) is 14.5 Å². The highest BCUT2D eigenvalue weighted by molar-refractivity contribution is 6.21. The first kappa shape index (κ1) is 12.1. The van der Waals surface area contributed by atoms with Gasteiger partial charge in [0.2, 0.25) is 0 Å². The SMILES string of the molecule is O=C1c2ccccc2C(=O)N1CC12CCCC1CNC2. The molecule has 1 aromatic rings. The van der Waals surface area contributed by atoms with Gasteiger partial charge in [-0.15, -0.1) is 0 Å². The van der Waals surface area contributed by atoms with E-state index in [-0.39, 0.29) is 17.2 Å². The van der Waals surface area contributed by atoms with Gasteiger partial charge < -0.3 is 5.32 Å². The van der Waals surface area contributed by atoms with E-state index >= 15 is 0 Å². The summed E-state index contributed by atoms with van der Waals surface area (Å²) >= 11 is 0.